The Hall–Kier alpha value is -4.65. The molecule has 198 valence electrons. The molecule has 40 heavy (non-hydrogen) atoms. The van der Waals surface area contributed by atoms with Gasteiger partial charge < -0.3 is 0 Å². The molecule has 1 aromatic heterocycles. The number of nitrogens with zero attached hydrogens (tertiary/aromatic N) is 1. The zero-order chi connectivity index (χ0) is 28.1. The van der Waals surface area contributed by atoms with Crippen LogP contribution in [-0.4, -0.2) is 4.98 Å². The van der Waals surface area contributed by atoms with Gasteiger partial charge in [0.05, 0.1) is 16.6 Å². The molecule has 0 aliphatic heterocycles. The van der Waals surface area contributed by atoms with Crippen molar-refractivity contribution in [3.8, 4) is 33.4 Å². The van der Waals surface area contributed by atoms with Crippen molar-refractivity contribution in [2.45, 2.75) is 12.4 Å². The molecule has 0 aliphatic carbocycles. The van der Waals surface area contributed by atoms with E-state index in [1.54, 1.807) is 18.3 Å². The van der Waals surface area contributed by atoms with Crippen molar-refractivity contribution in [2.75, 3.05) is 0 Å². The minimum absolute atomic E-state index is 0.140. The van der Waals surface area contributed by atoms with E-state index in [0.717, 1.165) is 50.7 Å². The van der Waals surface area contributed by atoms with E-state index in [0.29, 0.717) is 5.39 Å². The monoisotopic (exact) mass is 543 g/mol. The van der Waals surface area contributed by atoms with Gasteiger partial charge in [0.1, 0.15) is 0 Å². The third kappa shape index (κ3) is 4.91. The lowest BCUT2D eigenvalue weighted by atomic mass is 9.94. The average molecular weight is 544 g/mol. The Bertz CT molecular complexity index is 1830. The van der Waals surface area contributed by atoms with Crippen molar-refractivity contribution in [3.05, 3.63) is 127 Å². The normalized spacial score (nSPS) is 12.2. The van der Waals surface area contributed by atoms with Crippen LogP contribution in [0.25, 0.3) is 55.1 Å². The summed E-state index contributed by atoms with van der Waals surface area (Å²) in [6, 6.07) is 30.0. The second-order valence-electron chi connectivity index (χ2n) is 9.53. The Morgan fingerprint density at radius 2 is 0.975 bits per heavy atom. The fourth-order valence-electron chi connectivity index (χ4n) is 4.91. The van der Waals surface area contributed by atoms with E-state index in [2.05, 4.69) is 4.98 Å². The van der Waals surface area contributed by atoms with Gasteiger partial charge in [0.25, 0.3) is 0 Å². The van der Waals surface area contributed by atoms with Crippen LogP contribution in [0, 0.1) is 0 Å². The molecule has 0 amide bonds. The van der Waals surface area contributed by atoms with Crippen LogP contribution in [0.3, 0.4) is 0 Å². The van der Waals surface area contributed by atoms with Crippen LogP contribution in [0.4, 0.5) is 26.3 Å². The number of rotatable bonds is 3. The summed E-state index contributed by atoms with van der Waals surface area (Å²) < 4.78 is 80.3. The Labute approximate surface area is 225 Å². The van der Waals surface area contributed by atoms with Gasteiger partial charge in [-0.25, -0.2) is 0 Å². The summed E-state index contributed by atoms with van der Waals surface area (Å²) >= 11 is 0. The fourth-order valence-corrected chi connectivity index (χ4v) is 4.91. The number of para-hydroxylation sites is 1. The zero-order valence-corrected chi connectivity index (χ0v) is 20.7. The maximum atomic E-state index is 13.4. The number of hydrogen-bond donors (Lipinski definition) is 0. The number of alkyl halides is 6. The molecule has 0 N–H and O–H groups in total. The first-order valence-electron chi connectivity index (χ1n) is 12.3. The predicted octanol–water partition coefficient (Wildman–Crippen LogP) is 10.4. The van der Waals surface area contributed by atoms with Crippen LogP contribution in [0.5, 0.6) is 0 Å². The highest BCUT2D eigenvalue weighted by molar-refractivity contribution is 5.94. The molecule has 0 bridgehead atoms. The van der Waals surface area contributed by atoms with Crippen molar-refractivity contribution in [1.82, 2.24) is 4.98 Å². The van der Waals surface area contributed by atoms with Crippen LogP contribution in [-0.2, 0) is 12.4 Å². The van der Waals surface area contributed by atoms with Crippen LogP contribution < -0.4 is 0 Å². The molecule has 1 nitrogen and oxygen atoms in total. The molecular formula is C33H19F6N. The second kappa shape index (κ2) is 9.52. The number of halogens is 6. The van der Waals surface area contributed by atoms with Gasteiger partial charge in [-0.05, 0) is 75.0 Å². The molecule has 6 aromatic rings. The number of aromatic nitrogens is 1. The van der Waals surface area contributed by atoms with Gasteiger partial charge in [-0.2, -0.15) is 26.3 Å². The summed E-state index contributed by atoms with van der Waals surface area (Å²) in [7, 11) is 0. The second-order valence-corrected chi connectivity index (χ2v) is 9.53. The van der Waals surface area contributed by atoms with E-state index in [1.807, 2.05) is 72.8 Å². The molecule has 0 spiro atoms. The molecule has 0 saturated heterocycles. The summed E-state index contributed by atoms with van der Waals surface area (Å²) in [5, 5.41) is 2.55. The van der Waals surface area contributed by atoms with Gasteiger partial charge >= 0.3 is 12.4 Å². The lowest BCUT2D eigenvalue weighted by Gasteiger charge is -2.15. The van der Waals surface area contributed by atoms with Gasteiger partial charge in [-0.15, -0.1) is 0 Å². The third-order valence-electron chi connectivity index (χ3n) is 6.92. The predicted molar refractivity (Wildman–Crippen MR) is 146 cm³/mol. The smallest absolute Gasteiger partial charge is 0.256 e. The van der Waals surface area contributed by atoms with Crippen molar-refractivity contribution >= 4 is 21.7 Å². The van der Waals surface area contributed by atoms with E-state index in [9.17, 15) is 26.3 Å². The van der Waals surface area contributed by atoms with E-state index in [4.69, 9.17) is 0 Å². The van der Waals surface area contributed by atoms with Gasteiger partial charge in [0, 0.05) is 17.1 Å². The molecule has 5 aromatic carbocycles. The lowest BCUT2D eigenvalue weighted by Crippen LogP contribution is -2.11. The van der Waals surface area contributed by atoms with Crippen LogP contribution in [0.15, 0.2) is 115 Å². The Kier molecular flexibility index (Phi) is 6.10. The summed E-state index contributed by atoms with van der Waals surface area (Å²) in [4.78, 5) is 4.52. The van der Waals surface area contributed by atoms with Crippen LogP contribution in [0.1, 0.15) is 11.1 Å². The Balaban J connectivity index is 1.38. The Morgan fingerprint density at radius 1 is 0.425 bits per heavy atom. The van der Waals surface area contributed by atoms with Crippen molar-refractivity contribution in [2.24, 2.45) is 0 Å². The first-order chi connectivity index (χ1) is 19.1. The molecule has 0 unspecified atom stereocenters. The molecular weight excluding hydrogens is 524 g/mol. The highest BCUT2D eigenvalue weighted by atomic mass is 19.4. The average Bonchev–Trinajstić information content (AvgIpc) is 2.95. The van der Waals surface area contributed by atoms with Crippen molar-refractivity contribution < 1.29 is 26.3 Å². The summed E-state index contributed by atoms with van der Waals surface area (Å²) in [6.45, 7) is 0. The maximum Gasteiger partial charge on any atom is 0.416 e. The molecule has 0 radical (unpaired) electrons. The van der Waals surface area contributed by atoms with E-state index in [1.165, 1.54) is 6.07 Å². The molecule has 0 fully saturated rings. The largest absolute Gasteiger partial charge is 0.416 e. The summed E-state index contributed by atoms with van der Waals surface area (Å²) in [6.07, 6.45) is -8.06. The molecule has 1 heterocycles. The van der Waals surface area contributed by atoms with Gasteiger partial charge in [0.2, 0.25) is 0 Å². The van der Waals surface area contributed by atoms with E-state index >= 15 is 0 Å². The lowest BCUT2D eigenvalue weighted by molar-refractivity contribution is -0.143. The summed E-state index contributed by atoms with van der Waals surface area (Å²) in [5.74, 6) is 0. The molecule has 0 aliphatic rings. The third-order valence-corrected chi connectivity index (χ3v) is 6.92. The minimum Gasteiger partial charge on any atom is -0.256 e. The van der Waals surface area contributed by atoms with E-state index in [-0.39, 0.29) is 17.2 Å². The number of benzene rings is 5. The molecule has 6 rings (SSSR count). The number of hydrogen-bond acceptors (Lipinski definition) is 1. The number of fused-ring (bicyclic) bond motifs is 2. The fraction of sp³-hybridized carbons (Fsp3) is 0.0606. The van der Waals surface area contributed by atoms with Gasteiger partial charge in [-0.3, -0.25) is 4.98 Å². The highest BCUT2D eigenvalue weighted by Gasteiger charge is 2.37. The van der Waals surface area contributed by atoms with Crippen LogP contribution >= 0.6 is 0 Å². The Morgan fingerprint density at radius 3 is 1.60 bits per heavy atom. The van der Waals surface area contributed by atoms with Crippen molar-refractivity contribution in [3.63, 3.8) is 0 Å². The minimum atomic E-state index is -4.91. The molecule has 7 heteroatoms. The van der Waals surface area contributed by atoms with Crippen LogP contribution in [0.2, 0.25) is 0 Å². The van der Waals surface area contributed by atoms with E-state index < -0.39 is 23.5 Å². The van der Waals surface area contributed by atoms with Gasteiger partial charge in [0.15, 0.2) is 0 Å². The summed E-state index contributed by atoms with van der Waals surface area (Å²) in [5.41, 5.74) is 2.13. The maximum absolute atomic E-state index is 13.4. The zero-order valence-electron chi connectivity index (χ0n) is 20.7. The van der Waals surface area contributed by atoms with Crippen molar-refractivity contribution in [1.29, 1.82) is 0 Å². The molecule has 0 saturated carbocycles. The number of pyridine rings is 1. The van der Waals surface area contributed by atoms with Gasteiger partial charge in [-0.1, -0.05) is 72.8 Å². The molecule has 0 atom stereocenters. The standard InChI is InChI=1S/C33H19F6N/c34-32(35,36)28-17-27(18-29(19-28)33(37,38)39)25-13-9-21-8-12-24(15-26(21)16-25)20-6-10-22(11-7-20)30-5-1-3-23-4-2-14-40-31(23)30/h1-19H. The first-order valence-corrected chi connectivity index (χ1v) is 12.3. The highest BCUT2D eigenvalue weighted by Crippen LogP contribution is 2.39. The quantitative estimate of drug-likeness (QED) is 0.202. The SMILES string of the molecule is FC(F)(F)c1cc(-c2ccc3ccc(-c4ccc(-c5cccc6cccnc56)cc4)cc3c2)cc(C(F)(F)F)c1. The first kappa shape index (κ1) is 25.6. The topological polar surface area (TPSA) is 12.9 Å².